The van der Waals surface area contributed by atoms with E-state index in [-0.39, 0.29) is 0 Å². The molecule has 1 heterocycles. The standard InChI is InChI=1S/C10H16N2O2/c1-6-5-14-9(12-6)8(11)10(2,13)7-3-4-7/h5,7-8,13H,3-4,11H2,1-2H3. The molecule has 2 unspecified atom stereocenters. The van der Waals surface area contributed by atoms with E-state index in [1.165, 1.54) is 0 Å². The molecule has 2 rings (SSSR count). The lowest BCUT2D eigenvalue weighted by Gasteiger charge is -2.27. The highest BCUT2D eigenvalue weighted by molar-refractivity contribution is 5.07. The lowest BCUT2D eigenvalue weighted by atomic mass is 9.91. The molecule has 3 N–H and O–H groups in total. The van der Waals surface area contributed by atoms with Gasteiger partial charge in [0.15, 0.2) is 0 Å². The monoisotopic (exact) mass is 196 g/mol. The fourth-order valence-electron chi connectivity index (χ4n) is 1.69. The van der Waals surface area contributed by atoms with Crippen LogP contribution in [0.1, 0.15) is 37.4 Å². The molecule has 1 aliphatic rings. The summed E-state index contributed by atoms with van der Waals surface area (Å²) in [6, 6.07) is -0.524. The van der Waals surface area contributed by atoms with Crippen molar-refractivity contribution in [3.8, 4) is 0 Å². The van der Waals surface area contributed by atoms with Gasteiger partial charge in [0.1, 0.15) is 12.3 Å². The van der Waals surface area contributed by atoms with Crippen LogP contribution in [0.3, 0.4) is 0 Å². The smallest absolute Gasteiger partial charge is 0.214 e. The second-order valence-electron chi connectivity index (χ2n) is 4.30. The number of aromatic nitrogens is 1. The predicted molar refractivity (Wildman–Crippen MR) is 51.5 cm³/mol. The van der Waals surface area contributed by atoms with Crippen molar-refractivity contribution in [2.45, 2.75) is 38.3 Å². The Kier molecular flexibility index (Phi) is 2.12. The maximum absolute atomic E-state index is 10.2. The molecular formula is C10H16N2O2. The van der Waals surface area contributed by atoms with Crippen molar-refractivity contribution < 1.29 is 9.52 Å². The second kappa shape index (κ2) is 3.07. The molecule has 1 aromatic rings. The molecule has 14 heavy (non-hydrogen) atoms. The van der Waals surface area contributed by atoms with Crippen molar-refractivity contribution in [1.82, 2.24) is 4.98 Å². The Morgan fingerprint density at radius 2 is 2.36 bits per heavy atom. The van der Waals surface area contributed by atoms with Crippen molar-refractivity contribution in [2.24, 2.45) is 11.7 Å². The summed E-state index contributed by atoms with van der Waals surface area (Å²) in [4.78, 5) is 4.14. The first-order chi connectivity index (χ1) is 6.51. The molecule has 4 heteroatoms. The number of nitrogens with two attached hydrogens (primary N) is 1. The van der Waals surface area contributed by atoms with Gasteiger partial charge in [0, 0.05) is 0 Å². The topological polar surface area (TPSA) is 72.3 Å². The van der Waals surface area contributed by atoms with Gasteiger partial charge in [-0.25, -0.2) is 4.98 Å². The van der Waals surface area contributed by atoms with Crippen LogP contribution in [0.15, 0.2) is 10.7 Å². The van der Waals surface area contributed by atoms with Crippen LogP contribution >= 0.6 is 0 Å². The number of hydrogen-bond donors (Lipinski definition) is 2. The molecule has 1 aromatic heterocycles. The quantitative estimate of drug-likeness (QED) is 0.760. The molecule has 0 spiro atoms. The number of aryl methyl sites for hydroxylation is 1. The van der Waals surface area contributed by atoms with Crippen LogP contribution in [0.4, 0.5) is 0 Å². The molecule has 1 fully saturated rings. The van der Waals surface area contributed by atoms with E-state index < -0.39 is 11.6 Å². The fourth-order valence-corrected chi connectivity index (χ4v) is 1.69. The molecule has 0 amide bonds. The van der Waals surface area contributed by atoms with Crippen LogP contribution in [0.25, 0.3) is 0 Å². The van der Waals surface area contributed by atoms with Crippen molar-refractivity contribution >= 4 is 0 Å². The van der Waals surface area contributed by atoms with Crippen molar-refractivity contribution in [3.05, 3.63) is 17.8 Å². The molecular weight excluding hydrogens is 180 g/mol. The summed E-state index contributed by atoms with van der Waals surface area (Å²) in [5, 5.41) is 10.2. The first kappa shape index (κ1) is 9.68. The molecule has 78 valence electrons. The fraction of sp³-hybridized carbons (Fsp3) is 0.700. The normalized spacial score (nSPS) is 23.1. The summed E-state index contributed by atoms with van der Waals surface area (Å²) in [6.07, 6.45) is 3.64. The van der Waals surface area contributed by atoms with E-state index in [0.29, 0.717) is 11.8 Å². The summed E-state index contributed by atoms with van der Waals surface area (Å²) in [6.45, 7) is 3.60. The third kappa shape index (κ3) is 1.55. The second-order valence-corrected chi connectivity index (χ2v) is 4.30. The van der Waals surface area contributed by atoms with Gasteiger partial charge in [-0.05, 0) is 32.6 Å². The van der Waals surface area contributed by atoms with Crippen molar-refractivity contribution in [1.29, 1.82) is 0 Å². The van der Waals surface area contributed by atoms with Crippen LogP contribution in [0.5, 0.6) is 0 Å². The van der Waals surface area contributed by atoms with E-state index >= 15 is 0 Å². The summed E-state index contributed by atoms with van der Waals surface area (Å²) in [5.41, 5.74) is 5.82. The molecule has 0 saturated heterocycles. The molecule has 4 nitrogen and oxygen atoms in total. The Bertz CT molecular complexity index is 329. The van der Waals surface area contributed by atoms with Gasteiger partial charge in [0.25, 0.3) is 0 Å². The number of aliphatic hydroxyl groups is 1. The van der Waals surface area contributed by atoms with E-state index in [9.17, 15) is 5.11 Å². The molecule has 0 aliphatic heterocycles. The lowest BCUT2D eigenvalue weighted by molar-refractivity contribution is 0.00205. The minimum absolute atomic E-state index is 0.296. The minimum atomic E-state index is -0.892. The third-order valence-corrected chi connectivity index (χ3v) is 2.94. The Labute approximate surface area is 83.1 Å². The van der Waals surface area contributed by atoms with Crippen LogP contribution in [0.2, 0.25) is 0 Å². The Morgan fingerprint density at radius 1 is 1.71 bits per heavy atom. The average molecular weight is 196 g/mol. The molecule has 2 atom stereocenters. The minimum Gasteiger partial charge on any atom is -0.447 e. The van der Waals surface area contributed by atoms with E-state index in [0.717, 1.165) is 18.5 Å². The number of hydrogen-bond acceptors (Lipinski definition) is 4. The largest absolute Gasteiger partial charge is 0.447 e. The first-order valence-electron chi connectivity index (χ1n) is 4.92. The van der Waals surface area contributed by atoms with E-state index in [2.05, 4.69) is 4.98 Å². The number of rotatable bonds is 3. The predicted octanol–water partition coefficient (Wildman–Crippen LogP) is 1.14. The number of oxazole rings is 1. The SMILES string of the molecule is Cc1coc(C(N)C(C)(O)C2CC2)n1. The zero-order valence-electron chi connectivity index (χ0n) is 8.53. The van der Waals surface area contributed by atoms with E-state index in [1.807, 2.05) is 6.92 Å². The van der Waals surface area contributed by atoms with Gasteiger partial charge >= 0.3 is 0 Å². The van der Waals surface area contributed by atoms with Crippen LogP contribution in [-0.4, -0.2) is 15.7 Å². The third-order valence-electron chi connectivity index (χ3n) is 2.94. The zero-order chi connectivity index (χ0) is 10.3. The van der Waals surface area contributed by atoms with E-state index in [4.69, 9.17) is 10.2 Å². The summed E-state index contributed by atoms with van der Waals surface area (Å²) in [5.74, 6) is 0.726. The van der Waals surface area contributed by atoms with Gasteiger partial charge in [0.2, 0.25) is 5.89 Å². The van der Waals surface area contributed by atoms with Gasteiger partial charge in [0.05, 0.1) is 11.3 Å². The van der Waals surface area contributed by atoms with Gasteiger partial charge in [-0.2, -0.15) is 0 Å². The summed E-state index contributed by atoms with van der Waals surface area (Å²) < 4.78 is 5.19. The van der Waals surface area contributed by atoms with Gasteiger partial charge in [-0.15, -0.1) is 0 Å². The van der Waals surface area contributed by atoms with Crippen LogP contribution in [0, 0.1) is 12.8 Å². The molecule has 1 saturated carbocycles. The zero-order valence-corrected chi connectivity index (χ0v) is 8.53. The van der Waals surface area contributed by atoms with Gasteiger partial charge in [-0.1, -0.05) is 0 Å². The summed E-state index contributed by atoms with van der Waals surface area (Å²) in [7, 11) is 0. The number of nitrogens with zero attached hydrogens (tertiary/aromatic N) is 1. The molecule has 0 bridgehead atoms. The highest BCUT2D eigenvalue weighted by Gasteiger charge is 2.46. The Morgan fingerprint density at radius 3 is 2.79 bits per heavy atom. The van der Waals surface area contributed by atoms with Gasteiger partial charge < -0.3 is 15.3 Å². The van der Waals surface area contributed by atoms with Gasteiger partial charge in [-0.3, -0.25) is 0 Å². The maximum atomic E-state index is 10.2. The van der Waals surface area contributed by atoms with Crippen molar-refractivity contribution in [2.75, 3.05) is 0 Å². The van der Waals surface area contributed by atoms with Crippen LogP contribution in [-0.2, 0) is 0 Å². The maximum Gasteiger partial charge on any atom is 0.214 e. The Balaban J connectivity index is 2.18. The highest BCUT2D eigenvalue weighted by atomic mass is 16.3. The lowest BCUT2D eigenvalue weighted by Crippen LogP contribution is -2.40. The summed E-state index contributed by atoms with van der Waals surface area (Å²) >= 11 is 0. The van der Waals surface area contributed by atoms with E-state index in [1.54, 1.807) is 13.2 Å². The molecule has 0 aromatic carbocycles. The Hall–Kier alpha value is -0.870. The highest BCUT2D eigenvalue weighted by Crippen LogP contribution is 2.44. The average Bonchev–Trinajstić information content (AvgIpc) is 2.89. The van der Waals surface area contributed by atoms with Crippen molar-refractivity contribution in [3.63, 3.8) is 0 Å². The molecule has 0 radical (unpaired) electrons. The van der Waals surface area contributed by atoms with Crippen LogP contribution < -0.4 is 5.73 Å². The first-order valence-corrected chi connectivity index (χ1v) is 4.92. The molecule has 1 aliphatic carbocycles.